The summed E-state index contributed by atoms with van der Waals surface area (Å²) < 4.78 is 36.4. The van der Waals surface area contributed by atoms with Crippen molar-refractivity contribution >= 4 is 5.91 Å². The molecule has 0 aliphatic carbocycles. The molecule has 0 atom stereocenters. The number of nitrogens with one attached hydrogen (secondary N) is 1. The van der Waals surface area contributed by atoms with E-state index in [0.717, 1.165) is 25.9 Å². The molecule has 0 spiro atoms. The first-order valence-corrected chi connectivity index (χ1v) is 8.97. The average molecular weight is 395 g/mol. The molecule has 1 amide bonds. The van der Waals surface area contributed by atoms with Gasteiger partial charge in [-0.05, 0) is 43.6 Å². The summed E-state index contributed by atoms with van der Waals surface area (Å²) >= 11 is 0. The topological polar surface area (TPSA) is 81.5 Å². The molecule has 10 heteroatoms. The fourth-order valence-corrected chi connectivity index (χ4v) is 3.17. The zero-order valence-electron chi connectivity index (χ0n) is 15.8. The molecular formula is C18H23F2N5O3. The average Bonchev–Trinajstić information content (AvgIpc) is 3.18. The smallest absolute Gasteiger partial charge is 0.387 e. The number of methoxy groups -OCH3 is 1. The molecule has 28 heavy (non-hydrogen) atoms. The lowest BCUT2D eigenvalue weighted by Crippen LogP contribution is -2.29. The second kappa shape index (κ2) is 8.96. The molecule has 0 saturated carbocycles. The van der Waals surface area contributed by atoms with Crippen molar-refractivity contribution in [3.05, 3.63) is 35.7 Å². The number of hydrogen-bond acceptors (Lipinski definition) is 6. The fraction of sp³-hybridized carbons (Fsp3) is 0.500. The highest BCUT2D eigenvalue weighted by atomic mass is 19.3. The lowest BCUT2D eigenvalue weighted by atomic mass is 10.1. The minimum atomic E-state index is -2.96. The molecular weight excluding hydrogens is 372 g/mol. The van der Waals surface area contributed by atoms with E-state index in [-0.39, 0.29) is 35.7 Å². The third-order valence-electron chi connectivity index (χ3n) is 4.62. The van der Waals surface area contributed by atoms with Crippen molar-refractivity contribution < 1.29 is 23.0 Å². The summed E-state index contributed by atoms with van der Waals surface area (Å²) in [7, 11) is 2.98. The maximum atomic E-state index is 12.7. The number of nitrogens with zero attached hydrogens (tertiary/aromatic N) is 4. The summed E-state index contributed by atoms with van der Waals surface area (Å²) in [5.74, 6) is -0.178. The van der Waals surface area contributed by atoms with Crippen LogP contribution in [0.4, 0.5) is 8.78 Å². The van der Waals surface area contributed by atoms with E-state index in [1.165, 1.54) is 24.1 Å². The molecule has 0 unspecified atom stereocenters. The van der Waals surface area contributed by atoms with Gasteiger partial charge in [0.15, 0.2) is 17.2 Å². The number of carbonyl (C=O) groups is 1. The fourth-order valence-electron chi connectivity index (χ4n) is 3.17. The van der Waals surface area contributed by atoms with Gasteiger partial charge in [-0.25, -0.2) is 4.68 Å². The van der Waals surface area contributed by atoms with E-state index in [1.54, 1.807) is 24.0 Å². The van der Waals surface area contributed by atoms with Gasteiger partial charge in [-0.15, -0.1) is 5.10 Å². The van der Waals surface area contributed by atoms with Crippen LogP contribution in [0, 0.1) is 0 Å². The summed E-state index contributed by atoms with van der Waals surface area (Å²) in [4.78, 5) is 14.1. The number of ether oxygens (including phenoxy) is 2. The van der Waals surface area contributed by atoms with Crippen LogP contribution in [0.3, 0.4) is 0 Å². The van der Waals surface area contributed by atoms with Crippen molar-refractivity contribution in [1.29, 1.82) is 0 Å². The third-order valence-corrected chi connectivity index (χ3v) is 4.62. The Labute approximate surface area is 161 Å². The van der Waals surface area contributed by atoms with Crippen LogP contribution in [0.15, 0.2) is 24.4 Å². The van der Waals surface area contributed by atoms with Crippen molar-refractivity contribution in [1.82, 2.24) is 25.2 Å². The molecule has 1 N–H and O–H groups in total. The Morgan fingerprint density at radius 3 is 2.79 bits per heavy atom. The lowest BCUT2D eigenvalue weighted by molar-refractivity contribution is -0.0512. The van der Waals surface area contributed by atoms with Gasteiger partial charge in [0.25, 0.3) is 5.91 Å². The molecule has 152 valence electrons. The van der Waals surface area contributed by atoms with Crippen molar-refractivity contribution in [2.75, 3.05) is 27.2 Å². The number of aromatic nitrogens is 3. The number of amides is 1. The van der Waals surface area contributed by atoms with Crippen LogP contribution in [0.2, 0.25) is 0 Å². The van der Waals surface area contributed by atoms with Crippen molar-refractivity contribution in [2.24, 2.45) is 0 Å². The van der Waals surface area contributed by atoms with Crippen LogP contribution < -0.4 is 14.8 Å². The van der Waals surface area contributed by atoms with Crippen molar-refractivity contribution in [3.63, 3.8) is 0 Å². The Bertz CT molecular complexity index is 808. The first-order chi connectivity index (χ1) is 13.5. The van der Waals surface area contributed by atoms with Gasteiger partial charge in [0.05, 0.1) is 19.3 Å². The molecule has 0 bridgehead atoms. The molecule has 1 saturated heterocycles. The van der Waals surface area contributed by atoms with Gasteiger partial charge in [0.1, 0.15) is 0 Å². The monoisotopic (exact) mass is 395 g/mol. The van der Waals surface area contributed by atoms with Gasteiger partial charge in [-0.2, -0.15) is 8.78 Å². The quantitative estimate of drug-likeness (QED) is 0.773. The van der Waals surface area contributed by atoms with Gasteiger partial charge < -0.3 is 19.7 Å². The molecule has 0 radical (unpaired) electrons. The number of rotatable bonds is 7. The number of halogens is 2. The number of piperidine rings is 1. The van der Waals surface area contributed by atoms with Gasteiger partial charge in [0, 0.05) is 13.6 Å². The standard InChI is InChI=1S/C18H23F2N5O3/c1-24(10-12-3-4-15(27-2)16(9-12)28-18(19)20)17(26)14-11-25(23-22-14)13-5-7-21-8-6-13/h3-4,9,11,13,18,21H,5-8,10H2,1-2H3. The highest BCUT2D eigenvalue weighted by Gasteiger charge is 2.21. The second-order valence-corrected chi connectivity index (χ2v) is 6.59. The predicted octanol–water partition coefficient (Wildman–Crippen LogP) is 2.08. The van der Waals surface area contributed by atoms with E-state index < -0.39 is 6.61 Å². The molecule has 1 aliphatic rings. The largest absolute Gasteiger partial charge is 0.493 e. The van der Waals surface area contributed by atoms with Crippen LogP contribution in [0.1, 0.15) is 34.9 Å². The highest BCUT2D eigenvalue weighted by Crippen LogP contribution is 2.30. The van der Waals surface area contributed by atoms with E-state index in [4.69, 9.17) is 4.74 Å². The first kappa shape index (κ1) is 20.0. The third kappa shape index (κ3) is 4.75. The molecule has 3 rings (SSSR count). The SMILES string of the molecule is COc1ccc(CN(C)C(=O)c2cn(C3CCNCC3)nn2)cc1OC(F)F. The number of carbonyl (C=O) groups excluding carboxylic acids is 1. The summed E-state index contributed by atoms with van der Waals surface area (Å²) in [6, 6.07) is 4.88. The number of hydrogen-bond donors (Lipinski definition) is 1. The molecule has 2 aromatic rings. The van der Waals surface area contributed by atoms with Crippen LogP contribution in [-0.2, 0) is 6.54 Å². The van der Waals surface area contributed by atoms with E-state index in [1.807, 2.05) is 0 Å². The van der Waals surface area contributed by atoms with Gasteiger partial charge >= 0.3 is 6.61 Å². The summed E-state index contributed by atoms with van der Waals surface area (Å²) in [5.41, 5.74) is 0.872. The van der Waals surface area contributed by atoms with Crippen LogP contribution in [0.25, 0.3) is 0 Å². The Morgan fingerprint density at radius 2 is 2.11 bits per heavy atom. The second-order valence-electron chi connectivity index (χ2n) is 6.59. The molecule has 2 heterocycles. The Hall–Kier alpha value is -2.75. The number of benzene rings is 1. The van der Waals surface area contributed by atoms with E-state index in [2.05, 4.69) is 20.4 Å². The van der Waals surface area contributed by atoms with Gasteiger partial charge in [-0.1, -0.05) is 11.3 Å². The van der Waals surface area contributed by atoms with Crippen LogP contribution >= 0.6 is 0 Å². The zero-order chi connectivity index (χ0) is 20.1. The molecule has 1 aromatic heterocycles. The molecule has 1 fully saturated rings. The maximum absolute atomic E-state index is 12.7. The molecule has 8 nitrogen and oxygen atoms in total. The van der Waals surface area contributed by atoms with E-state index in [0.29, 0.717) is 5.56 Å². The van der Waals surface area contributed by atoms with Crippen molar-refractivity contribution in [2.45, 2.75) is 32.0 Å². The summed E-state index contributed by atoms with van der Waals surface area (Å²) in [6.07, 6.45) is 3.53. The van der Waals surface area contributed by atoms with Gasteiger partial charge in [-0.3, -0.25) is 4.79 Å². The Balaban J connectivity index is 1.68. The summed E-state index contributed by atoms with van der Waals surface area (Å²) in [5, 5.41) is 11.4. The minimum absolute atomic E-state index is 0.0762. The first-order valence-electron chi connectivity index (χ1n) is 8.97. The lowest BCUT2D eigenvalue weighted by Gasteiger charge is -2.22. The minimum Gasteiger partial charge on any atom is -0.493 e. The van der Waals surface area contributed by atoms with Crippen LogP contribution in [-0.4, -0.2) is 59.7 Å². The van der Waals surface area contributed by atoms with E-state index in [9.17, 15) is 13.6 Å². The number of alkyl halides is 2. The van der Waals surface area contributed by atoms with Crippen molar-refractivity contribution in [3.8, 4) is 11.5 Å². The highest BCUT2D eigenvalue weighted by molar-refractivity contribution is 5.91. The molecule has 1 aromatic carbocycles. The maximum Gasteiger partial charge on any atom is 0.387 e. The Morgan fingerprint density at radius 1 is 1.36 bits per heavy atom. The normalized spacial score (nSPS) is 14.9. The molecule has 1 aliphatic heterocycles. The predicted molar refractivity (Wildman–Crippen MR) is 96.6 cm³/mol. The summed E-state index contributed by atoms with van der Waals surface area (Å²) in [6.45, 7) is -0.945. The zero-order valence-corrected chi connectivity index (χ0v) is 15.8. The van der Waals surface area contributed by atoms with Crippen LogP contribution in [0.5, 0.6) is 11.5 Å². The van der Waals surface area contributed by atoms with E-state index >= 15 is 0 Å². The van der Waals surface area contributed by atoms with Gasteiger partial charge in [0.2, 0.25) is 0 Å². The Kier molecular flexibility index (Phi) is 6.40.